The Morgan fingerprint density at radius 3 is 2.22 bits per heavy atom. The van der Waals surface area contributed by atoms with Gasteiger partial charge in [0, 0.05) is 19.0 Å². The maximum Gasteiger partial charge on any atom is 0.242 e. The van der Waals surface area contributed by atoms with Crippen LogP contribution in [0.5, 0.6) is 11.5 Å². The van der Waals surface area contributed by atoms with Gasteiger partial charge in [0.05, 0.1) is 13.7 Å². The highest BCUT2D eigenvalue weighted by Crippen LogP contribution is 2.18. The van der Waals surface area contributed by atoms with Crippen LogP contribution in [0.15, 0.2) is 48.5 Å². The molecule has 0 heterocycles. The molecule has 0 saturated carbocycles. The molecular formula is C26H36N2O4. The van der Waals surface area contributed by atoms with Gasteiger partial charge in [0.2, 0.25) is 11.8 Å². The minimum atomic E-state index is -0.555. The van der Waals surface area contributed by atoms with Gasteiger partial charge in [-0.15, -0.1) is 0 Å². The number of ether oxygens (including phenoxy) is 2. The molecule has 2 rings (SSSR count). The lowest BCUT2D eigenvalue weighted by Crippen LogP contribution is -2.49. The molecule has 1 N–H and O–H groups in total. The van der Waals surface area contributed by atoms with E-state index in [9.17, 15) is 9.59 Å². The first-order chi connectivity index (χ1) is 15.3. The maximum absolute atomic E-state index is 13.1. The van der Waals surface area contributed by atoms with Crippen LogP contribution in [0.25, 0.3) is 0 Å². The van der Waals surface area contributed by atoms with E-state index in [0.29, 0.717) is 26.0 Å². The third-order valence-electron chi connectivity index (χ3n) is 5.50. The average molecular weight is 441 g/mol. The first-order valence-electron chi connectivity index (χ1n) is 11.3. The normalized spacial score (nSPS) is 12.5. The molecule has 0 aromatic heterocycles. The zero-order valence-corrected chi connectivity index (χ0v) is 19.9. The Kier molecular flexibility index (Phi) is 10.1. The zero-order valence-electron chi connectivity index (χ0n) is 19.9. The van der Waals surface area contributed by atoms with E-state index < -0.39 is 6.04 Å². The Bertz CT molecular complexity index is 849. The third kappa shape index (κ3) is 7.91. The van der Waals surface area contributed by atoms with Crippen molar-refractivity contribution in [3.8, 4) is 11.5 Å². The molecule has 0 aliphatic heterocycles. The summed E-state index contributed by atoms with van der Waals surface area (Å²) in [5, 5.41) is 2.99. The van der Waals surface area contributed by atoms with Gasteiger partial charge in [0.25, 0.3) is 0 Å². The quantitative estimate of drug-likeness (QED) is 0.494. The fraction of sp³-hybridized carbons (Fsp3) is 0.462. The minimum absolute atomic E-state index is 0.0595. The van der Waals surface area contributed by atoms with Gasteiger partial charge in [-0.1, -0.05) is 36.8 Å². The van der Waals surface area contributed by atoms with Gasteiger partial charge in [0.1, 0.15) is 17.5 Å². The third-order valence-corrected chi connectivity index (χ3v) is 5.50. The highest BCUT2D eigenvalue weighted by molar-refractivity contribution is 5.87. The van der Waals surface area contributed by atoms with Gasteiger partial charge < -0.3 is 19.7 Å². The number of carbonyl (C=O) groups is 2. The summed E-state index contributed by atoms with van der Waals surface area (Å²) in [6, 6.07) is 14.9. The number of rotatable bonds is 12. The molecular weight excluding hydrogens is 404 g/mol. The van der Waals surface area contributed by atoms with E-state index in [0.717, 1.165) is 29.0 Å². The van der Waals surface area contributed by atoms with E-state index in [-0.39, 0.29) is 17.9 Å². The summed E-state index contributed by atoms with van der Waals surface area (Å²) in [5.41, 5.74) is 2.16. The van der Waals surface area contributed by atoms with Crippen LogP contribution in [-0.2, 0) is 16.1 Å². The van der Waals surface area contributed by atoms with Crippen LogP contribution in [0.4, 0.5) is 0 Å². The zero-order chi connectivity index (χ0) is 23.5. The summed E-state index contributed by atoms with van der Waals surface area (Å²) < 4.78 is 10.9. The van der Waals surface area contributed by atoms with Crippen molar-refractivity contribution in [3.05, 3.63) is 59.7 Å². The molecule has 0 unspecified atom stereocenters. The monoisotopic (exact) mass is 440 g/mol. The minimum Gasteiger partial charge on any atom is -0.497 e. The molecule has 2 aromatic carbocycles. The van der Waals surface area contributed by atoms with Gasteiger partial charge in [-0.3, -0.25) is 9.59 Å². The molecule has 6 nitrogen and oxygen atoms in total. The van der Waals surface area contributed by atoms with Crippen LogP contribution < -0.4 is 14.8 Å². The molecule has 2 atom stereocenters. The lowest BCUT2D eigenvalue weighted by Gasteiger charge is -2.30. The number of carbonyl (C=O) groups excluding carboxylic acids is 2. The average Bonchev–Trinajstić information content (AvgIpc) is 2.81. The highest BCUT2D eigenvalue weighted by atomic mass is 16.5. The molecule has 0 bridgehead atoms. The van der Waals surface area contributed by atoms with Gasteiger partial charge in [0.15, 0.2) is 0 Å². The molecule has 0 fully saturated rings. The van der Waals surface area contributed by atoms with Gasteiger partial charge >= 0.3 is 0 Å². The number of aryl methyl sites for hydroxylation is 1. The van der Waals surface area contributed by atoms with Crippen LogP contribution in [0.2, 0.25) is 0 Å². The highest BCUT2D eigenvalue weighted by Gasteiger charge is 2.26. The van der Waals surface area contributed by atoms with Crippen molar-refractivity contribution in [3.63, 3.8) is 0 Å². The molecule has 0 radical (unpaired) electrons. The Labute approximate surface area is 191 Å². The van der Waals surface area contributed by atoms with Crippen LogP contribution in [0.1, 0.15) is 51.2 Å². The van der Waals surface area contributed by atoms with E-state index in [1.165, 1.54) is 0 Å². The van der Waals surface area contributed by atoms with E-state index in [2.05, 4.69) is 5.32 Å². The number of amides is 2. The van der Waals surface area contributed by atoms with Crippen LogP contribution in [-0.4, -0.2) is 42.5 Å². The number of hydrogen-bond acceptors (Lipinski definition) is 4. The van der Waals surface area contributed by atoms with Gasteiger partial charge in [-0.25, -0.2) is 0 Å². The molecule has 32 heavy (non-hydrogen) atoms. The fourth-order valence-electron chi connectivity index (χ4n) is 3.17. The van der Waals surface area contributed by atoms with Crippen molar-refractivity contribution < 1.29 is 19.1 Å². The number of methoxy groups -OCH3 is 1. The summed E-state index contributed by atoms with van der Waals surface area (Å²) in [5.74, 6) is 1.31. The van der Waals surface area contributed by atoms with E-state index in [1.807, 2.05) is 69.3 Å². The van der Waals surface area contributed by atoms with Crippen molar-refractivity contribution in [2.45, 2.75) is 65.6 Å². The van der Waals surface area contributed by atoms with E-state index in [1.54, 1.807) is 18.9 Å². The van der Waals surface area contributed by atoms with E-state index >= 15 is 0 Å². The molecule has 0 aliphatic rings. The van der Waals surface area contributed by atoms with Gasteiger partial charge in [-0.2, -0.15) is 0 Å². The van der Waals surface area contributed by atoms with Crippen molar-refractivity contribution in [1.29, 1.82) is 0 Å². The molecule has 6 heteroatoms. The van der Waals surface area contributed by atoms with Crippen LogP contribution >= 0.6 is 0 Å². The number of hydrogen-bond donors (Lipinski definition) is 1. The number of benzene rings is 2. The molecule has 0 aliphatic carbocycles. The number of nitrogens with zero attached hydrogens (tertiary/aromatic N) is 1. The van der Waals surface area contributed by atoms with Crippen LogP contribution in [0.3, 0.4) is 0 Å². The standard InChI is InChI=1S/C26H36N2O4/c1-6-20(3)27-26(30)21(4)28(18-22-11-9-19(2)10-12-22)25(29)8-7-17-32-24-15-13-23(31-5)14-16-24/h9-16,20-21H,6-8,17-18H2,1-5H3,(H,27,30)/t20-,21+/m0/s1. The summed E-state index contributed by atoms with van der Waals surface area (Å²) in [6.07, 6.45) is 1.71. The van der Waals surface area contributed by atoms with Crippen LogP contribution in [0, 0.1) is 6.92 Å². The van der Waals surface area contributed by atoms with Crippen molar-refractivity contribution in [2.24, 2.45) is 0 Å². The SMILES string of the molecule is CC[C@H](C)NC(=O)[C@@H](C)N(Cc1ccc(C)cc1)C(=O)CCCOc1ccc(OC)cc1. The lowest BCUT2D eigenvalue weighted by atomic mass is 10.1. The van der Waals surface area contributed by atoms with E-state index in [4.69, 9.17) is 9.47 Å². The van der Waals surface area contributed by atoms with Crippen molar-refractivity contribution in [2.75, 3.05) is 13.7 Å². The summed E-state index contributed by atoms with van der Waals surface area (Å²) >= 11 is 0. The lowest BCUT2D eigenvalue weighted by molar-refractivity contribution is -0.141. The predicted molar refractivity (Wildman–Crippen MR) is 127 cm³/mol. The summed E-state index contributed by atoms with van der Waals surface area (Å²) in [4.78, 5) is 27.5. The maximum atomic E-state index is 13.1. The molecule has 0 saturated heterocycles. The second-order valence-corrected chi connectivity index (χ2v) is 8.13. The molecule has 2 aromatic rings. The molecule has 2 amide bonds. The second-order valence-electron chi connectivity index (χ2n) is 8.13. The summed E-state index contributed by atoms with van der Waals surface area (Å²) in [6.45, 7) is 8.62. The van der Waals surface area contributed by atoms with Crippen molar-refractivity contribution in [1.82, 2.24) is 10.2 Å². The first kappa shape index (κ1) is 25.2. The number of nitrogens with one attached hydrogen (secondary N) is 1. The Morgan fingerprint density at radius 1 is 1.00 bits per heavy atom. The first-order valence-corrected chi connectivity index (χ1v) is 11.3. The second kappa shape index (κ2) is 12.7. The molecule has 0 spiro atoms. The topological polar surface area (TPSA) is 67.9 Å². The predicted octanol–water partition coefficient (Wildman–Crippen LogP) is 4.49. The fourth-order valence-corrected chi connectivity index (χ4v) is 3.17. The summed E-state index contributed by atoms with van der Waals surface area (Å²) in [7, 11) is 1.62. The smallest absolute Gasteiger partial charge is 0.242 e. The van der Waals surface area contributed by atoms with Gasteiger partial charge in [-0.05, 0) is 63.4 Å². The van der Waals surface area contributed by atoms with Crippen molar-refractivity contribution >= 4 is 11.8 Å². The Hall–Kier alpha value is -3.02. The molecule has 174 valence electrons. The Balaban J connectivity index is 1.98. The Morgan fingerprint density at radius 2 is 1.62 bits per heavy atom. The largest absolute Gasteiger partial charge is 0.497 e.